The number of fused-ring (bicyclic) bond motifs is 3. The van der Waals surface area contributed by atoms with E-state index in [9.17, 15) is 13.2 Å². The van der Waals surface area contributed by atoms with E-state index in [0.717, 1.165) is 42.4 Å². The molecular weight excluding hydrogens is 365 g/mol. The van der Waals surface area contributed by atoms with Gasteiger partial charge in [-0.25, -0.2) is 4.68 Å². The van der Waals surface area contributed by atoms with Crippen LogP contribution in [0.4, 0.5) is 13.2 Å². The van der Waals surface area contributed by atoms with Crippen molar-refractivity contribution in [3.8, 4) is 11.3 Å². The number of nitrogens with zero attached hydrogens (tertiary/aromatic N) is 4. The third-order valence-corrected chi connectivity index (χ3v) is 5.30. The lowest BCUT2D eigenvalue weighted by Crippen LogP contribution is -2.23. The second kappa shape index (κ2) is 6.22. The number of halogens is 3. The molecule has 28 heavy (non-hydrogen) atoms. The van der Waals surface area contributed by atoms with E-state index in [1.165, 1.54) is 17.8 Å². The molecular formula is C21H16F3N4. The third kappa shape index (κ3) is 2.87. The lowest BCUT2D eigenvalue weighted by Gasteiger charge is -2.25. The summed E-state index contributed by atoms with van der Waals surface area (Å²) in [4.78, 5) is 0. The summed E-state index contributed by atoms with van der Waals surface area (Å²) in [6.07, 6.45) is -0.711. The number of aromatic nitrogens is 4. The molecule has 0 N–H and O–H groups in total. The zero-order chi connectivity index (χ0) is 19.3. The molecule has 141 valence electrons. The average molecular weight is 381 g/mol. The molecule has 7 heteroatoms. The Bertz CT molecular complexity index is 1140. The molecule has 3 heterocycles. The Morgan fingerprint density at radius 2 is 1.82 bits per heavy atom. The molecule has 0 amide bonds. The molecule has 5 rings (SSSR count). The zero-order valence-corrected chi connectivity index (χ0v) is 14.8. The quantitative estimate of drug-likeness (QED) is 0.495. The van der Waals surface area contributed by atoms with Gasteiger partial charge in [-0.15, -0.1) is 5.10 Å². The summed E-state index contributed by atoms with van der Waals surface area (Å²) >= 11 is 0. The van der Waals surface area contributed by atoms with E-state index >= 15 is 0 Å². The first kappa shape index (κ1) is 17.0. The fourth-order valence-electron chi connectivity index (χ4n) is 3.83. The van der Waals surface area contributed by atoms with Crippen LogP contribution in [0.2, 0.25) is 0 Å². The Morgan fingerprint density at radius 1 is 1.04 bits per heavy atom. The number of hydrogen-bond donors (Lipinski definition) is 0. The van der Waals surface area contributed by atoms with Gasteiger partial charge in [0.05, 0.1) is 17.8 Å². The van der Waals surface area contributed by atoms with Crippen molar-refractivity contribution in [2.75, 3.05) is 0 Å². The number of rotatable bonds is 2. The minimum absolute atomic E-state index is 0.146. The smallest absolute Gasteiger partial charge is 0.342 e. The van der Waals surface area contributed by atoms with Crippen LogP contribution in [0.1, 0.15) is 23.7 Å². The van der Waals surface area contributed by atoms with Gasteiger partial charge in [-0.05, 0) is 31.0 Å². The van der Waals surface area contributed by atoms with E-state index in [0.29, 0.717) is 11.3 Å². The van der Waals surface area contributed by atoms with Crippen LogP contribution in [-0.2, 0) is 19.1 Å². The van der Waals surface area contributed by atoms with E-state index in [2.05, 4.69) is 33.1 Å². The van der Waals surface area contributed by atoms with Gasteiger partial charge in [0.25, 0.3) is 0 Å². The number of aryl methyl sites for hydroxylation is 1. The molecule has 2 aromatic carbocycles. The topological polar surface area (TPSA) is 35.6 Å². The van der Waals surface area contributed by atoms with E-state index in [4.69, 9.17) is 0 Å². The van der Waals surface area contributed by atoms with Gasteiger partial charge in [-0.2, -0.15) is 13.2 Å². The first-order valence-electron chi connectivity index (χ1n) is 9.08. The van der Waals surface area contributed by atoms with Crippen molar-refractivity contribution >= 4 is 10.9 Å². The highest BCUT2D eigenvalue weighted by atomic mass is 19.4. The maximum Gasteiger partial charge on any atom is 0.416 e. The van der Waals surface area contributed by atoms with Gasteiger partial charge in [0.2, 0.25) is 0 Å². The molecule has 0 bridgehead atoms. The molecule has 1 radical (unpaired) electrons. The molecule has 0 saturated heterocycles. The fourth-order valence-corrected chi connectivity index (χ4v) is 3.83. The van der Waals surface area contributed by atoms with E-state index in [1.54, 1.807) is 0 Å². The summed E-state index contributed by atoms with van der Waals surface area (Å²) in [5, 5.41) is 9.53. The lowest BCUT2D eigenvalue weighted by molar-refractivity contribution is -0.137. The fraction of sp³-hybridized carbons (Fsp3) is 0.238. The molecule has 1 atom stereocenters. The lowest BCUT2D eigenvalue weighted by atomic mass is 10.1. The zero-order valence-electron chi connectivity index (χ0n) is 14.8. The third-order valence-electron chi connectivity index (χ3n) is 5.30. The van der Waals surface area contributed by atoms with Gasteiger partial charge in [-0.1, -0.05) is 35.5 Å². The van der Waals surface area contributed by atoms with Crippen LogP contribution in [0.3, 0.4) is 0 Å². The number of hydrogen-bond acceptors (Lipinski definition) is 2. The summed E-state index contributed by atoms with van der Waals surface area (Å²) in [5.41, 5.74) is 2.88. The highest BCUT2D eigenvalue weighted by Crippen LogP contribution is 2.32. The minimum atomic E-state index is -4.34. The molecule has 0 saturated carbocycles. The molecule has 4 nitrogen and oxygen atoms in total. The molecule has 1 unspecified atom stereocenters. The largest absolute Gasteiger partial charge is 0.416 e. The molecule has 1 aliphatic rings. The van der Waals surface area contributed by atoms with Gasteiger partial charge < -0.3 is 4.57 Å². The Hall–Kier alpha value is -3.09. The molecule has 1 aliphatic heterocycles. The van der Waals surface area contributed by atoms with Crippen molar-refractivity contribution in [1.82, 2.24) is 19.6 Å². The van der Waals surface area contributed by atoms with Gasteiger partial charge in [-0.3, -0.25) is 0 Å². The number of para-hydroxylation sites is 1. The summed E-state index contributed by atoms with van der Waals surface area (Å²) in [5.74, 6) is 0. The average Bonchev–Trinajstić information content (AvgIpc) is 3.32. The van der Waals surface area contributed by atoms with Crippen molar-refractivity contribution in [1.29, 1.82) is 0 Å². The van der Waals surface area contributed by atoms with E-state index < -0.39 is 11.7 Å². The molecule has 0 fully saturated rings. The summed E-state index contributed by atoms with van der Waals surface area (Å²) < 4.78 is 42.3. The predicted octanol–water partition coefficient (Wildman–Crippen LogP) is 4.91. The predicted molar refractivity (Wildman–Crippen MR) is 98.6 cm³/mol. The summed E-state index contributed by atoms with van der Waals surface area (Å²) in [6, 6.07) is 16.8. The Balaban J connectivity index is 1.41. The second-order valence-corrected chi connectivity index (χ2v) is 7.05. The molecule has 4 aromatic rings. The maximum atomic E-state index is 12.7. The monoisotopic (exact) mass is 381 g/mol. The highest BCUT2D eigenvalue weighted by Gasteiger charge is 2.30. The van der Waals surface area contributed by atoms with Crippen molar-refractivity contribution in [2.45, 2.75) is 31.6 Å². The van der Waals surface area contributed by atoms with Crippen molar-refractivity contribution in [2.24, 2.45) is 0 Å². The van der Waals surface area contributed by atoms with Gasteiger partial charge >= 0.3 is 6.18 Å². The number of alkyl halides is 3. The van der Waals surface area contributed by atoms with Crippen LogP contribution >= 0.6 is 0 Å². The SMILES string of the molecule is FC(F)(F)c1ccc(-c2cn(C3CCc4[c]c5ccccc5n4C3)nn2)cc1. The van der Waals surface area contributed by atoms with Gasteiger partial charge in [0.15, 0.2) is 0 Å². The van der Waals surface area contributed by atoms with Crippen molar-refractivity contribution < 1.29 is 13.2 Å². The van der Waals surface area contributed by atoms with Crippen LogP contribution in [0, 0.1) is 6.07 Å². The van der Waals surface area contributed by atoms with E-state index in [1.807, 2.05) is 23.0 Å². The summed E-state index contributed by atoms with van der Waals surface area (Å²) in [6.45, 7) is 0.773. The molecule has 2 aromatic heterocycles. The molecule has 0 spiro atoms. The standard InChI is InChI=1S/C21H16F3N4/c22-21(23,24)16-7-5-14(6-8-16)19-13-28(26-25-19)18-10-9-17-11-15-3-1-2-4-20(15)27(17)12-18/h1-8,13,18H,9-10,12H2. The maximum absolute atomic E-state index is 12.7. The second-order valence-electron chi connectivity index (χ2n) is 7.05. The Labute approximate surface area is 159 Å². The van der Waals surface area contributed by atoms with Crippen LogP contribution in [0.25, 0.3) is 22.2 Å². The van der Waals surface area contributed by atoms with Crippen molar-refractivity contribution in [3.05, 3.63) is 72.1 Å². The van der Waals surface area contributed by atoms with Gasteiger partial charge in [0.1, 0.15) is 5.69 Å². The summed E-state index contributed by atoms with van der Waals surface area (Å²) in [7, 11) is 0. The van der Waals surface area contributed by atoms with Crippen LogP contribution in [-0.4, -0.2) is 19.6 Å². The van der Waals surface area contributed by atoms with Crippen molar-refractivity contribution in [3.63, 3.8) is 0 Å². The first-order chi connectivity index (χ1) is 13.5. The first-order valence-corrected chi connectivity index (χ1v) is 9.08. The highest BCUT2D eigenvalue weighted by molar-refractivity contribution is 5.80. The van der Waals surface area contributed by atoms with Crippen LogP contribution in [0.15, 0.2) is 54.7 Å². The Morgan fingerprint density at radius 3 is 2.61 bits per heavy atom. The normalized spacial score (nSPS) is 17.0. The van der Waals surface area contributed by atoms with E-state index in [-0.39, 0.29) is 6.04 Å². The van der Waals surface area contributed by atoms with Gasteiger partial charge in [0, 0.05) is 34.8 Å². The van der Waals surface area contributed by atoms with Crippen LogP contribution in [0.5, 0.6) is 0 Å². The number of benzene rings is 2. The van der Waals surface area contributed by atoms with Crippen LogP contribution < -0.4 is 0 Å². The Kier molecular flexibility index (Phi) is 3.79. The minimum Gasteiger partial charge on any atom is -0.342 e. The molecule has 0 aliphatic carbocycles.